The Hall–Kier alpha value is -1.37. The normalized spacial score (nSPS) is 24.7. The first-order valence-corrected chi connectivity index (χ1v) is 5.41. The first-order chi connectivity index (χ1) is 7.17. The van der Waals surface area contributed by atoms with Crippen molar-refractivity contribution < 1.29 is 4.79 Å². The largest absolute Gasteiger partial charge is 0.294 e. The van der Waals surface area contributed by atoms with Gasteiger partial charge in [-0.1, -0.05) is 37.3 Å². The first kappa shape index (κ1) is 10.2. The molecule has 0 aromatic heterocycles. The maximum absolute atomic E-state index is 12.3. The molecule has 0 aliphatic heterocycles. The minimum absolute atomic E-state index is 0.226. The van der Waals surface area contributed by atoms with E-state index in [9.17, 15) is 4.79 Å². The standard InChI is InChI=1S/C14H16O/c1-3-9-14(2)10-8-11-6-4-5-7-12(11)13(14)15/h3-7H,1,8-10H2,2H3. The molecular formula is C14H16O. The third-order valence-corrected chi connectivity index (χ3v) is 3.35. The highest BCUT2D eigenvalue weighted by Crippen LogP contribution is 2.37. The van der Waals surface area contributed by atoms with E-state index in [-0.39, 0.29) is 11.2 Å². The Labute approximate surface area is 90.8 Å². The Morgan fingerprint density at radius 1 is 1.47 bits per heavy atom. The van der Waals surface area contributed by atoms with Gasteiger partial charge in [-0.25, -0.2) is 0 Å². The molecule has 0 amide bonds. The van der Waals surface area contributed by atoms with Crippen molar-refractivity contribution in [2.45, 2.75) is 26.2 Å². The van der Waals surface area contributed by atoms with Crippen molar-refractivity contribution in [1.29, 1.82) is 0 Å². The number of hydrogen-bond acceptors (Lipinski definition) is 1. The second kappa shape index (κ2) is 3.65. The minimum Gasteiger partial charge on any atom is -0.294 e. The van der Waals surface area contributed by atoms with E-state index in [1.165, 1.54) is 5.56 Å². The smallest absolute Gasteiger partial charge is 0.169 e. The Morgan fingerprint density at radius 3 is 2.93 bits per heavy atom. The minimum atomic E-state index is -0.226. The maximum Gasteiger partial charge on any atom is 0.169 e. The lowest BCUT2D eigenvalue weighted by Crippen LogP contribution is -2.32. The van der Waals surface area contributed by atoms with E-state index in [1.807, 2.05) is 31.2 Å². The number of ketones is 1. The molecule has 1 nitrogen and oxygen atoms in total. The number of allylic oxidation sites excluding steroid dienone is 1. The molecular weight excluding hydrogens is 184 g/mol. The van der Waals surface area contributed by atoms with Crippen molar-refractivity contribution in [2.75, 3.05) is 0 Å². The van der Waals surface area contributed by atoms with Gasteiger partial charge in [-0.2, -0.15) is 0 Å². The molecule has 0 saturated heterocycles. The van der Waals surface area contributed by atoms with Gasteiger partial charge in [-0.05, 0) is 24.8 Å². The zero-order valence-electron chi connectivity index (χ0n) is 9.12. The lowest BCUT2D eigenvalue weighted by molar-refractivity contribution is 0.0788. The van der Waals surface area contributed by atoms with Gasteiger partial charge in [-0.15, -0.1) is 6.58 Å². The number of fused-ring (bicyclic) bond motifs is 1. The Morgan fingerprint density at radius 2 is 2.20 bits per heavy atom. The predicted octanol–water partition coefficient (Wildman–Crippen LogP) is 3.40. The van der Waals surface area contributed by atoms with E-state index in [1.54, 1.807) is 0 Å². The average molecular weight is 200 g/mol. The summed E-state index contributed by atoms with van der Waals surface area (Å²) in [5.74, 6) is 0.282. The van der Waals surface area contributed by atoms with Gasteiger partial charge >= 0.3 is 0 Å². The summed E-state index contributed by atoms with van der Waals surface area (Å²) in [6.45, 7) is 5.79. The van der Waals surface area contributed by atoms with Gasteiger partial charge in [0.1, 0.15) is 0 Å². The van der Waals surface area contributed by atoms with Crippen molar-refractivity contribution in [2.24, 2.45) is 5.41 Å². The summed E-state index contributed by atoms with van der Waals surface area (Å²) < 4.78 is 0. The molecule has 2 rings (SSSR count). The SMILES string of the molecule is C=CCC1(C)CCc2ccccc2C1=O. The molecule has 0 saturated carbocycles. The molecule has 1 aromatic rings. The van der Waals surface area contributed by atoms with Crippen LogP contribution >= 0.6 is 0 Å². The average Bonchev–Trinajstić information content (AvgIpc) is 2.25. The van der Waals surface area contributed by atoms with Gasteiger partial charge in [0.05, 0.1) is 0 Å². The highest BCUT2D eigenvalue weighted by molar-refractivity contribution is 6.02. The van der Waals surface area contributed by atoms with Gasteiger partial charge in [-0.3, -0.25) is 4.79 Å². The van der Waals surface area contributed by atoms with Crippen LogP contribution in [0.2, 0.25) is 0 Å². The quantitative estimate of drug-likeness (QED) is 0.669. The zero-order valence-corrected chi connectivity index (χ0v) is 9.12. The van der Waals surface area contributed by atoms with Gasteiger partial charge in [0, 0.05) is 11.0 Å². The van der Waals surface area contributed by atoms with E-state index in [2.05, 4.69) is 12.6 Å². The summed E-state index contributed by atoms with van der Waals surface area (Å²) in [5, 5.41) is 0. The molecule has 1 aromatic carbocycles. The van der Waals surface area contributed by atoms with Crippen molar-refractivity contribution in [3.8, 4) is 0 Å². The third kappa shape index (κ3) is 1.63. The molecule has 1 aliphatic rings. The van der Waals surface area contributed by atoms with Crippen LogP contribution in [0.4, 0.5) is 0 Å². The van der Waals surface area contributed by atoms with Gasteiger partial charge in [0.15, 0.2) is 5.78 Å². The van der Waals surface area contributed by atoms with Crippen LogP contribution < -0.4 is 0 Å². The third-order valence-electron chi connectivity index (χ3n) is 3.35. The number of rotatable bonds is 2. The molecule has 1 heteroatoms. The number of aryl methyl sites for hydroxylation is 1. The summed E-state index contributed by atoms with van der Waals surface area (Å²) in [6.07, 6.45) is 4.58. The van der Waals surface area contributed by atoms with Crippen LogP contribution in [0.1, 0.15) is 35.7 Å². The molecule has 15 heavy (non-hydrogen) atoms. The van der Waals surface area contributed by atoms with E-state index >= 15 is 0 Å². The first-order valence-electron chi connectivity index (χ1n) is 5.41. The molecule has 1 unspecified atom stereocenters. The molecule has 0 fully saturated rings. The Bertz CT molecular complexity index is 406. The van der Waals surface area contributed by atoms with Crippen LogP contribution in [0.25, 0.3) is 0 Å². The van der Waals surface area contributed by atoms with Crippen LogP contribution in [0, 0.1) is 5.41 Å². The number of benzene rings is 1. The maximum atomic E-state index is 12.3. The van der Waals surface area contributed by atoms with Gasteiger partial charge in [0.25, 0.3) is 0 Å². The van der Waals surface area contributed by atoms with Crippen LogP contribution in [0.5, 0.6) is 0 Å². The number of Topliss-reactive ketones (excluding diaryl/α,β-unsaturated/α-hetero) is 1. The monoisotopic (exact) mass is 200 g/mol. The number of carbonyl (C=O) groups excluding carboxylic acids is 1. The van der Waals surface area contributed by atoms with Crippen molar-refractivity contribution in [3.63, 3.8) is 0 Å². The van der Waals surface area contributed by atoms with Crippen LogP contribution in [-0.4, -0.2) is 5.78 Å². The van der Waals surface area contributed by atoms with E-state index in [0.29, 0.717) is 0 Å². The highest BCUT2D eigenvalue weighted by Gasteiger charge is 2.36. The fourth-order valence-corrected chi connectivity index (χ4v) is 2.32. The van der Waals surface area contributed by atoms with Crippen LogP contribution in [-0.2, 0) is 6.42 Å². The molecule has 1 aliphatic carbocycles. The molecule has 1 atom stereocenters. The second-order valence-corrected chi connectivity index (χ2v) is 4.54. The van der Waals surface area contributed by atoms with Crippen LogP contribution in [0.15, 0.2) is 36.9 Å². The van der Waals surface area contributed by atoms with Crippen LogP contribution in [0.3, 0.4) is 0 Å². The number of carbonyl (C=O) groups is 1. The summed E-state index contributed by atoms with van der Waals surface area (Å²) in [4.78, 5) is 12.3. The second-order valence-electron chi connectivity index (χ2n) is 4.54. The zero-order chi connectivity index (χ0) is 10.9. The molecule has 0 bridgehead atoms. The summed E-state index contributed by atoms with van der Waals surface area (Å²) in [6, 6.07) is 7.94. The lowest BCUT2D eigenvalue weighted by Gasteiger charge is -2.32. The summed E-state index contributed by atoms with van der Waals surface area (Å²) >= 11 is 0. The van der Waals surface area contributed by atoms with Gasteiger partial charge < -0.3 is 0 Å². The molecule has 0 N–H and O–H groups in total. The van der Waals surface area contributed by atoms with Crippen molar-refractivity contribution in [1.82, 2.24) is 0 Å². The summed E-state index contributed by atoms with van der Waals surface area (Å²) in [5.41, 5.74) is 1.88. The molecule has 78 valence electrons. The molecule has 0 spiro atoms. The Balaban J connectivity index is 2.41. The van der Waals surface area contributed by atoms with Crippen molar-refractivity contribution >= 4 is 5.78 Å². The van der Waals surface area contributed by atoms with E-state index < -0.39 is 0 Å². The molecule has 0 heterocycles. The lowest BCUT2D eigenvalue weighted by atomic mass is 9.70. The Kier molecular flexibility index (Phi) is 2.47. The van der Waals surface area contributed by atoms with Crippen molar-refractivity contribution in [3.05, 3.63) is 48.0 Å². The highest BCUT2D eigenvalue weighted by atomic mass is 16.1. The predicted molar refractivity (Wildman–Crippen MR) is 62.0 cm³/mol. The number of hydrogen-bond donors (Lipinski definition) is 0. The fraction of sp³-hybridized carbons (Fsp3) is 0.357. The summed E-state index contributed by atoms with van der Waals surface area (Å²) in [7, 11) is 0. The van der Waals surface area contributed by atoms with E-state index in [4.69, 9.17) is 0 Å². The fourth-order valence-electron chi connectivity index (χ4n) is 2.32. The van der Waals surface area contributed by atoms with E-state index in [0.717, 1.165) is 24.8 Å². The molecule has 0 radical (unpaired) electrons. The van der Waals surface area contributed by atoms with Gasteiger partial charge in [0.2, 0.25) is 0 Å². The topological polar surface area (TPSA) is 17.1 Å².